The van der Waals surface area contributed by atoms with E-state index < -0.39 is 23.9 Å². The van der Waals surface area contributed by atoms with E-state index >= 15 is 0 Å². The molecule has 0 radical (unpaired) electrons. The van der Waals surface area contributed by atoms with E-state index in [1.165, 1.54) is 11.3 Å². The molecule has 1 N–H and O–H groups in total. The van der Waals surface area contributed by atoms with E-state index in [4.69, 9.17) is 9.47 Å². The minimum atomic E-state index is -0.886. The van der Waals surface area contributed by atoms with Crippen LogP contribution >= 0.6 is 27.3 Å². The first-order valence-corrected chi connectivity index (χ1v) is 8.52. The Morgan fingerprint density at radius 2 is 1.95 bits per heavy atom. The number of hydrogen-bond donors (Lipinski definition) is 1. The molecular formula is C14H18BrNO5S. The number of carbonyl (C=O) groups is 3. The molecule has 22 heavy (non-hydrogen) atoms. The van der Waals surface area contributed by atoms with Gasteiger partial charge in [-0.2, -0.15) is 0 Å². The number of carbonyl (C=O) groups excluding carboxylic acids is 3. The van der Waals surface area contributed by atoms with Gasteiger partial charge in [0.1, 0.15) is 6.04 Å². The summed E-state index contributed by atoms with van der Waals surface area (Å²) in [6.07, 6.45) is 0.160. The maximum atomic E-state index is 12.2. The van der Waals surface area contributed by atoms with Gasteiger partial charge in [-0.05, 0) is 47.6 Å². The predicted octanol–water partition coefficient (Wildman–Crippen LogP) is 2.52. The van der Waals surface area contributed by atoms with Crippen LogP contribution in [0.3, 0.4) is 0 Å². The SMILES string of the molecule is CCOC(=O)CCC(NC(=O)c1ccsc1Br)C(=O)OCC. The normalized spacial score (nSPS) is 11.6. The van der Waals surface area contributed by atoms with Crippen molar-refractivity contribution in [3.8, 4) is 0 Å². The Morgan fingerprint density at radius 3 is 2.50 bits per heavy atom. The van der Waals surface area contributed by atoms with Gasteiger partial charge in [-0.1, -0.05) is 0 Å². The lowest BCUT2D eigenvalue weighted by Gasteiger charge is -2.16. The molecule has 122 valence electrons. The number of halogens is 1. The number of esters is 2. The molecule has 0 aliphatic heterocycles. The van der Waals surface area contributed by atoms with Crippen molar-refractivity contribution in [2.45, 2.75) is 32.7 Å². The van der Waals surface area contributed by atoms with Crippen LogP contribution in [0.15, 0.2) is 15.2 Å². The zero-order chi connectivity index (χ0) is 16.5. The Labute approximate surface area is 141 Å². The second-order valence-corrected chi connectivity index (χ2v) is 6.46. The molecule has 0 fully saturated rings. The Morgan fingerprint density at radius 1 is 1.27 bits per heavy atom. The molecule has 1 unspecified atom stereocenters. The van der Waals surface area contributed by atoms with Crippen LogP contribution in [0.25, 0.3) is 0 Å². The van der Waals surface area contributed by atoms with E-state index in [1.54, 1.807) is 25.3 Å². The third kappa shape index (κ3) is 5.76. The standard InChI is InChI=1S/C14H18BrNO5S/c1-3-20-11(17)6-5-10(14(19)21-4-2)16-13(18)9-7-8-22-12(9)15/h7-8,10H,3-6H2,1-2H3,(H,16,18). The van der Waals surface area contributed by atoms with Crippen molar-refractivity contribution in [1.29, 1.82) is 0 Å². The van der Waals surface area contributed by atoms with Crippen LogP contribution in [0.4, 0.5) is 0 Å². The first-order chi connectivity index (χ1) is 10.5. The summed E-state index contributed by atoms with van der Waals surface area (Å²) < 4.78 is 10.4. The lowest BCUT2D eigenvalue weighted by atomic mass is 10.1. The maximum Gasteiger partial charge on any atom is 0.328 e. The predicted molar refractivity (Wildman–Crippen MR) is 85.8 cm³/mol. The van der Waals surface area contributed by atoms with Gasteiger partial charge in [-0.25, -0.2) is 4.79 Å². The second-order valence-electron chi connectivity index (χ2n) is 4.23. The van der Waals surface area contributed by atoms with Gasteiger partial charge in [0.05, 0.1) is 22.6 Å². The van der Waals surface area contributed by atoms with Crippen LogP contribution in [-0.2, 0) is 19.1 Å². The third-order valence-electron chi connectivity index (χ3n) is 2.68. The minimum Gasteiger partial charge on any atom is -0.466 e. The Hall–Kier alpha value is -1.41. The monoisotopic (exact) mass is 391 g/mol. The molecule has 0 saturated heterocycles. The number of thiophene rings is 1. The molecule has 1 heterocycles. The minimum absolute atomic E-state index is 0.0302. The van der Waals surface area contributed by atoms with Gasteiger partial charge in [0, 0.05) is 6.42 Å². The summed E-state index contributed by atoms with van der Waals surface area (Å²) >= 11 is 4.64. The summed E-state index contributed by atoms with van der Waals surface area (Å²) in [7, 11) is 0. The van der Waals surface area contributed by atoms with Crippen LogP contribution < -0.4 is 5.32 Å². The van der Waals surface area contributed by atoms with Crippen LogP contribution in [0.5, 0.6) is 0 Å². The fraction of sp³-hybridized carbons (Fsp3) is 0.500. The highest BCUT2D eigenvalue weighted by molar-refractivity contribution is 9.11. The molecule has 1 atom stereocenters. The Balaban J connectivity index is 2.69. The molecule has 6 nitrogen and oxygen atoms in total. The van der Waals surface area contributed by atoms with E-state index in [2.05, 4.69) is 21.2 Å². The largest absolute Gasteiger partial charge is 0.466 e. The van der Waals surface area contributed by atoms with Gasteiger partial charge in [-0.3, -0.25) is 9.59 Å². The fourth-order valence-corrected chi connectivity index (χ4v) is 2.93. The van der Waals surface area contributed by atoms with Crippen molar-refractivity contribution in [1.82, 2.24) is 5.32 Å². The van der Waals surface area contributed by atoms with Crippen molar-refractivity contribution in [2.24, 2.45) is 0 Å². The van der Waals surface area contributed by atoms with E-state index in [0.717, 1.165) is 0 Å². The second kappa shape index (κ2) is 9.58. The van der Waals surface area contributed by atoms with Crippen molar-refractivity contribution >= 4 is 45.1 Å². The average molecular weight is 392 g/mol. The molecular weight excluding hydrogens is 374 g/mol. The first-order valence-electron chi connectivity index (χ1n) is 6.85. The van der Waals surface area contributed by atoms with Gasteiger partial charge in [0.15, 0.2) is 0 Å². The van der Waals surface area contributed by atoms with E-state index in [1.807, 2.05) is 0 Å². The molecule has 1 aromatic heterocycles. The lowest BCUT2D eigenvalue weighted by Crippen LogP contribution is -2.42. The van der Waals surface area contributed by atoms with Crippen molar-refractivity contribution in [3.05, 3.63) is 20.8 Å². The summed E-state index contributed by atoms with van der Waals surface area (Å²) in [5.74, 6) is -1.37. The fourth-order valence-electron chi connectivity index (χ4n) is 1.68. The number of rotatable bonds is 8. The summed E-state index contributed by atoms with van der Waals surface area (Å²) in [5, 5.41) is 4.36. The maximum absolute atomic E-state index is 12.2. The van der Waals surface area contributed by atoms with Crippen LogP contribution in [0, 0.1) is 0 Å². The van der Waals surface area contributed by atoms with Gasteiger partial charge in [0.2, 0.25) is 0 Å². The van der Waals surface area contributed by atoms with Crippen LogP contribution in [0.1, 0.15) is 37.0 Å². The van der Waals surface area contributed by atoms with Crippen LogP contribution in [-0.4, -0.2) is 37.1 Å². The zero-order valence-electron chi connectivity index (χ0n) is 12.4. The third-order valence-corrected chi connectivity index (χ3v) is 4.37. The van der Waals surface area contributed by atoms with Crippen molar-refractivity contribution in [3.63, 3.8) is 0 Å². The molecule has 0 saturated carbocycles. The summed E-state index contributed by atoms with van der Waals surface area (Å²) in [5.41, 5.74) is 0.440. The number of nitrogens with one attached hydrogen (secondary N) is 1. The molecule has 1 aromatic rings. The van der Waals surface area contributed by atoms with Crippen LogP contribution in [0.2, 0.25) is 0 Å². The molecule has 0 spiro atoms. The van der Waals surface area contributed by atoms with E-state index in [-0.39, 0.29) is 26.1 Å². The summed E-state index contributed by atoms with van der Waals surface area (Å²) in [6, 6.07) is 0.765. The van der Waals surface area contributed by atoms with Gasteiger partial charge in [-0.15, -0.1) is 11.3 Å². The Bertz CT molecular complexity index is 531. The first kappa shape index (κ1) is 18.6. The quantitative estimate of drug-likeness (QED) is 0.688. The summed E-state index contributed by atoms with van der Waals surface area (Å²) in [6.45, 7) is 3.86. The van der Waals surface area contributed by atoms with E-state index in [0.29, 0.717) is 9.35 Å². The number of ether oxygens (including phenoxy) is 2. The molecule has 0 aliphatic carbocycles. The van der Waals surface area contributed by atoms with Crippen molar-refractivity contribution in [2.75, 3.05) is 13.2 Å². The smallest absolute Gasteiger partial charge is 0.328 e. The average Bonchev–Trinajstić information content (AvgIpc) is 2.90. The molecule has 0 aromatic carbocycles. The molecule has 1 amide bonds. The molecule has 0 bridgehead atoms. The van der Waals surface area contributed by atoms with Gasteiger partial charge < -0.3 is 14.8 Å². The lowest BCUT2D eigenvalue weighted by molar-refractivity contribution is -0.146. The highest BCUT2D eigenvalue weighted by atomic mass is 79.9. The highest BCUT2D eigenvalue weighted by Gasteiger charge is 2.24. The molecule has 1 rings (SSSR count). The molecule has 0 aliphatic rings. The topological polar surface area (TPSA) is 81.7 Å². The van der Waals surface area contributed by atoms with Crippen molar-refractivity contribution < 1.29 is 23.9 Å². The Kier molecular flexibility index (Phi) is 8.11. The van der Waals surface area contributed by atoms with Gasteiger partial charge in [0.25, 0.3) is 5.91 Å². The van der Waals surface area contributed by atoms with E-state index in [9.17, 15) is 14.4 Å². The highest BCUT2D eigenvalue weighted by Crippen LogP contribution is 2.23. The summed E-state index contributed by atoms with van der Waals surface area (Å²) in [4.78, 5) is 35.5. The number of hydrogen-bond acceptors (Lipinski definition) is 6. The van der Waals surface area contributed by atoms with Gasteiger partial charge >= 0.3 is 11.9 Å². The molecule has 8 heteroatoms. The zero-order valence-corrected chi connectivity index (χ0v) is 14.8. The number of amides is 1.